The van der Waals surface area contributed by atoms with Crippen molar-refractivity contribution in [3.8, 4) is 0 Å². The summed E-state index contributed by atoms with van der Waals surface area (Å²) in [7, 11) is 0. The first kappa shape index (κ1) is 34.0. The van der Waals surface area contributed by atoms with Gasteiger partial charge < -0.3 is 23.5 Å². The molecule has 0 aliphatic carbocycles. The van der Waals surface area contributed by atoms with Gasteiger partial charge in [-0.05, 0) is 39.3 Å². The molecule has 5 aromatic carbocycles. The lowest BCUT2D eigenvalue weighted by molar-refractivity contribution is -0.240. The largest absolute Gasteiger partial charge is 0.368 e. The Bertz CT molecular complexity index is 1930. The van der Waals surface area contributed by atoms with Crippen LogP contribution in [0, 0.1) is 0 Å². The fraction of sp³-hybridized carbons (Fsp3) is 0.289. The molecule has 1 aliphatic rings. The van der Waals surface area contributed by atoms with Gasteiger partial charge in [-0.1, -0.05) is 154 Å². The van der Waals surface area contributed by atoms with E-state index in [2.05, 4.69) is 116 Å². The predicted octanol–water partition coefficient (Wildman–Crippen LogP) is 9.81. The van der Waals surface area contributed by atoms with Crippen LogP contribution in [-0.4, -0.2) is 29.5 Å². The number of para-hydroxylation sites is 1. The summed E-state index contributed by atoms with van der Waals surface area (Å²) >= 11 is 0. The Labute approximate surface area is 296 Å². The first-order valence-electron chi connectivity index (χ1n) is 17.7. The maximum atomic E-state index is 6.90. The molecule has 0 radical (unpaired) electrons. The van der Waals surface area contributed by atoms with Gasteiger partial charge in [0.25, 0.3) is 0 Å². The van der Waals surface area contributed by atoms with Gasteiger partial charge in [-0.15, -0.1) is 0 Å². The Kier molecular flexibility index (Phi) is 10.6. The minimum Gasteiger partial charge on any atom is -0.368 e. The third-order valence-electron chi connectivity index (χ3n) is 9.60. The number of hydrogen-bond donors (Lipinski definition) is 0. The molecule has 4 atom stereocenters. The lowest BCUT2D eigenvalue weighted by Crippen LogP contribution is -2.52. The monoisotopic (exact) mass is 665 g/mol. The van der Waals surface area contributed by atoms with Crippen LogP contribution in [0.1, 0.15) is 60.3 Å². The molecule has 6 aromatic rings. The maximum absolute atomic E-state index is 6.90. The minimum absolute atomic E-state index is 0.112. The smallest absolute Gasteiger partial charge is 0.117 e. The van der Waals surface area contributed by atoms with Crippen molar-refractivity contribution in [3.05, 3.63) is 179 Å². The lowest BCUT2D eigenvalue weighted by atomic mass is 9.87. The van der Waals surface area contributed by atoms with Crippen LogP contribution in [0.5, 0.6) is 0 Å². The summed E-state index contributed by atoms with van der Waals surface area (Å²) in [6, 6.07) is 48.5. The fourth-order valence-corrected chi connectivity index (χ4v) is 6.82. The molecule has 1 fully saturated rings. The fourth-order valence-electron chi connectivity index (χ4n) is 6.82. The Morgan fingerprint density at radius 2 is 1.10 bits per heavy atom. The zero-order valence-corrected chi connectivity index (χ0v) is 29.3. The summed E-state index contributed by atoms with van der Waals surface area (Å²) in [6.45, 7) is 9.23. The van der Waals surface area contributed by atoms with E-state index in [1.807, 2.05) is 54.6 Å². The van der Waals surface area contributed by atoms with Crippen LogP contribution in [-0.2, 0) is 50.7 Å². The summed E-state index contributed by atoms with van der Waals surface area (Å²) in [5.74, 6) is 0. The zero-order chi connectivity index (χ0) is 34.3. The highest BCUT2D eigenvalue weighted by atomic mass is 16.6. The number of ether oxygens (including phenoxy) is 4. The van der Waals surface area contributed by atoms with E-state index in [9.17, 15) is 0 Å². The summed E-state index contributed by atoms with van der Waals surface area (Å²) < 4.78 is 29.5. The van der Waals surface area contributed by atoms with Crippen LogP contribution >= 0.6 is 0 Å². The molecule has 0 bridgehead atoms. The molecule has 1 aliphatic heterocycles. The number of rotatable bonds is 12. The van der Waals surface area contributed by atoms with E-state index >= 15 is 0 Å². The second-order valence-corrected chi connectivity index (χ2v) is 14.3. The number of aromatic nitrogens is 1. The highest BCUT2D eigenvalue weighted by molar-refractivity contribution is 5.84. The van der Waals surface area contributed by atoms with Crippen molar-refractivity contribution in [1.29, 1.82) is 0 Å². The van der Waals surface area contributed by atoms with Crippen molar-refractivity contribution < 1.29 is 18.9 Å². The highest BCUT2D eigenvalue weighted by Gasteiger charge is 2.44. The molecule has 5 heteroatoms. The summed E-state index contributed by atoms with van der Waals surface area (Å²) in [6.07, 6.45) is 0.744. The molecule has 7 rings (SSSR count). The van der Waals surface area contributed by atoms with Crippen molar-refractivity contribution in [2.45, 2.75) is 77.0 Å². The molecule has 256 valence electrons. The molecule has 0 amide bonds. The lowest BCUT2D eigenvalue weighted by Gasteiger charge is -2.42. The van der Waals surface area contributed by atoms with Crippen molar-refractivity contribution in [1.82, 2.24) is 4.57 Å². The first-order chi connectivity index (χ1) is 24.4. The average Bonchev–Trinajstić information content (AvgIpc) is 3.51. The van der Waals surface area contributed by atoms with Gasteiger partial charge in [0.2, 0.25) is 0 Å². The van der Waals surface area contributed by atoms with E-state index in [-0.39, 0.29) is 23.7 Å². The standard InChI is InChI=1S/C45H47NO4/c1-45(2,3)37-25-23-33(24-26-37)27-46-28-39(38-21-13-14-22-40(38)46)42-44(49-31-36-19-11-6-12-20-36)43(48-30-35-17-9-5-10-18-35)41(32-50-42)47-29-34-15-7-4-8-16-34/h4-26,28,41-44H,27,29-32H2,1-3H3/t41-,42+,43+,44+/m1/s1. The molecule has 1 saturated heterocycles. The van der Waals surface area contributed by atoms with E-state index in [0.717, 1.165) is 39.7 Å². The van der Waals surface area contributed by atoms with E-state index in [1.165, 1.54) is 11.1 Å². The van der Waals surface area contributed by atoms with Crippen molar-refractivity contribution in [3.63, 3.8) is 0 Å². The number of hydrogen-bond acceptors (Lipinski definition) is 4. The molecule has 0 unspecified atom stereocenters. The third-order valence-corrected chi connectivity index (χ3v) is 9.60. The van der Waals surface area contributed by atoms with Gasteiger partial charge in [-0.3, -0.25) is 0 Å². The molecule has 0 spiro atoms. The predicted molar refractivity (Wildman–Crippen MR) is 200 cm³/mol. The molecule has 5 nitrogen and oxygen atoms in total. The average molecular weight is 666 g/mol. The highest BCUT2D eigenvalue weighted by Crippen LogP contribution is 2.39. The second-order valence-electron chi connectivity index (χ2n) is 14.3. The van der Waals surface area contributed by atoms with E-state index in [1.54, 1.807) is 0 Å². The van der Waals surface area contributed by atoms with Crippen LogP contribution in [0.25, 0.3) is 10.9 Å². The Hall–Kier alpha value is -4.52. The molecule has 50 heavy (non-hydrogen) atoms. The van der Waals surface area contributed by atoms with Crippen LogP contribution < -0.4 is 0 Å². The normalized spacial score (nSPS) is 19.5. The molecule has 0 saturated carbocycles. The van der Waals surface area contributed by atoms with Gasteiger partial charge in [0.05, 0.1) is 26.4 Å². The Balaban J connectivity index is 1.23. The van der Waals surface area contributed by atoms with Crippen LogP contribution in [0.2, 0.25) is 0 Å². The summed E-state index contributed by atoms with van der Waals surface area (Å²) in [4.78, 5) is 0. The van der Waals surface area contributed by atoms with E-state index in [4.69, 9.17) is 18.9 Å². The molecule has 1 aromatic heterocycles. The molecular weight excluding hydrogens is 618 g/mol. The van der Waals surface area contributed by atoms with E-state index < -0.39 is 6.10 Å². The summed E-state index contributed by atoms with van der Waals surface area (Å²) in [5.41, 5.74) is 8.27. The van der Waals surface area contributed by atoms with Gasteiger partial charge in [0.15, 0.2) is 0 Å². The van der Waals surface area contributed by atoms with Gasteiger partial charge in [-0.25, -0.2) is 0 Å². The number of benzene rings is 5. The Morgan fingerprint density at radius 1 is 0.580 bits per heavy atom. The van der Waals surface area contributed by atoms with Crippen molar-refractivity contribution >= 4 is 10.9 Å². The van der Waals surface area contributed by atoms with Crippen LogP contribution in [0.3, 0.4) is 0 Å². The molecular formula is C45H47NO4. The zero-order valence-electron chi connectivity index (χ0n) is 29.3. The quantitative estimate of drug-likeness (QED) is 0.131. The van der Waals surface area contributed by atoms with Gasteiger partial charge in [0, 0.05) is 29.2 Å². The minimum atomic E-state index is -0.432. The number of fused-ring (bicyclic) bond motifs is 1. The van der Waals surface area contributed by atoms with E-state index in [0.29, 0.717) is 26.4 Å². The van der Waals surface area contributed by atoms with Crippen molar-refractivity contribution in [2.75, 3.05) is 6.61 Å². The number of nitrogens with zero attached hydrogens (tertiary/aromatic N) is 1. The first-order valence-corrected chi connectivity index (χ1v) is 17.7. The van der Waals surface area contributed by atoms with Crippen molar-refractivity contribution in [2.24, 2.45) is 0 Å². The third kappa shape index (κ3) is 8.09. The SMILES string of the molecule is CC(C)(C)c1ccc(Cn2cc([C@@H]3OC[C@@H](OCc4ccccc4)[C@H](OCc4ccccc4)[C@H]3OCc3ccccc3)c3ccccc32)cc1. The molecule has 2 heterocycles. The van der Waals surface area contributed by atoms with Gasteiger partial charge in [0.1, 0.15) is 24.4 Å². The van der Waals surface area contributed by atoms with Gasteiger partial charge in [-0.2, -0.15) is 0 Å². The van der Waals surface area contributed by atoms with Gasteiger partial charge >= 0.3 is 0 Å². The maximum Gasteiger partial charge on any atom is 0.117 e. The second kappa shape index (κ2) is 15.6. The van der Waals surface area contributed by atoms with Crippen LogP contribution in [0.4, 0.5) is 0 Å². The Morgan fingerprint density at radius 3 is 1.68 bits per heavy atom. The van der Waals surface area contributed by atoms with Crippen LogP contribution in [0.15, 0.2) is 146 Å². The topological polar surface area (TPSA) is 41.9 Å². The molecule has 0 N–H and O–H groups in total. The summed E-state index contributed by atoms with van der Waals surface area (Å²) in [5, 5.41) is 1.16.